The normalized spacial score (nSPS) is 15.1. The molecule has 0 radical (unpaired) electrons. The Hall–Kier alpha value is -1.33. The fraction of sp³-hybridized carbons (Fsp3) is 0.545. The molecule has 1 aromatic heterocycles. The second-order valence-corrected chi connectivity index (χ2v) is 4.02. The zero-order valence-corrected chi connectivity index (χ0v) is 9.07. The van der Waals surface area contributed by atoms with Gasteiger partial charge in [0.05, 0.1) is 11.8 Å². The summed E-state index contributed by atoms with van der Waals surface area (Å²) in [4.78, 5) is 11.3. The number of rotatable bonds is 6. The lowest BCUT2D eigenvalue weighted by molar-refractivity contribution is 0.0905. The standard InChI is InChI=1S/C11H16N2O3/c12-13-11(14)9-4-6-16-10(9)7-15-5-3-8-1-2-8/h4,6,8H,1-3,5,7,12H2,(H,13,14). The average Bonchev–Trinajstić information content (AvgIpc) is 3.01. The third kappa shape index (κ3) is 2.84. The zero-order chi connectivity index (χ0) is 11.4. The summed E-state index contributed by atoms with van der Waals surface area (Å²) in [7, 11) is 0. The maximum absolute atomic E-state index is 11.3. The van der Waals surface area contributed by atoms with Crippen LogP contribution >= 0.6 is 0 Å². The molecule has 5 nitrogen and oxygen atoms in total. The van der Waals surface area contributed by atoms with Gasteiger partial charge < -0.3 is 9.15 Å². The number of nitrogens with two attached hydrogens (primary N) is 1. The highest BCUT2D eigenvalue weighted by molar-refractivity contribution is 5.94. The molecule has 16 heavy (non-hydrogen) atoms. The number of amides is 1. The van der Waals surface area contributed by atoms with Crippen molar-refractivity contribution in [3.63, 3.8) is 0 Å². The molecule has 0 aliphatic heterocycles. The van der Waals surface area contributed by atoms with E-state index in [1.807, 2.05) is 0 Å². The van der Waals surface area contributed by atoms with Crippen molar-refractivity contribution in [2.45, 2.75) is 25.9 Å². The molecule has 1 aliphatic rings. The van der Waals surface area contributed by atoms with Crippen LogP contribution in [0.25, 0.3) is 0 Å². The molecule has 1 saturated carbocycles. The summed E-state index contributed by atoms with van der Waals surface area (Å²) in [6.07, 6.45) is 5.21. The van der Waals surface area contributed by atoms with Crippen molar-refractivity contribution in [2.24, 2.45) is 11.8 Å². The third-order valence-electron chi connectivity index (χ3n) is 2.72. The highest BCUT2D eigenvalue weighted by Crippen LogP contribution is 2.32. The molecular weight excluding hydrogens is 208 g/mol. The molecule has 0 atom stereocenters. The van der Waals surface area contributed by atoms with E-state index in [2.05, 4.69) is 5.43 Å². The Morgan fingerprint density at radius 1 is 1.62 bits per heavy atom. The van der Waals surface area contributed by atoms with Crippen LogP contribution in [0, 0.1) is 5.92 Å². The van der Waals surface area contributed by atoms with Crippen molar-refractivity contribution in [1.29, 1.82) is 0 Å². The minimum absolute atomic E-state index is 0.322. The number of ether oxygens (including phenoxy) is 1. The highest BCUT2D eigenvalue weighted by Gasteiger charge is 2.20. The quantitative estimate of drug-likeness (QED) is 0.329. The molecule has 0 spiro atoms. The number of nitrogen functional groups attached to an aromatic ring is 1. The summed E-state index contributed by atoms with van der Waals surface area (Å²) in [6.45, 7) is 1.04. The largest absolute Gasteiger partial charge is 0.466 e. The number of carbonyl (C=O) groups is 1. The van der Waals surface area contributed by atoms with Crippen LogP contribution in [0.4, 0.5) is 0 Å². The summed E-state index contributed by atoms with van der Waals surface area (Å²) >= 11 is 0. The summed E-state index contributed by atoms with van der Waals surface area (Å²) in [5.74, 6) is 6.08. The molecule has 5 heteroatoms. The number of hydrazine groups is 1. The van der Waals surface area contributed by atoms with Gasteiger partial charge in [0.15, 0.2) is 0 Å². The van der Waals surface area contributed by atoms with E-state index >= 15 is 0 Å². The van der Waals surface area contributed by atoms with E-state index in [0.717, 1.165) is 18.9 Å². The van der Waals surface area contributed by atoms with E-state index in [4.69, 9.17) is 15.0 Å². The van der Waals surface area contributed by atoms with E-state index < -0.39 is 0 Å². The lowest BCUT2D eigenvalue weighted by Gasteiger charge is -2.03. The van der Waals surface area contributed by atoms with Crippen LogP contribution in [0.3, 0.4) is 0 Å². The van der Waals surface area contributed by atoms with Gasteiger partial charge in [0.1, 0.15) is 12.4 Å². The monoisotopic (exact) mass is 224 g/mol. The predicted octanol–water partition coefficient (Wildman–Crippen LogP) is 1.20. The van der Waals surface area contributed by atoms with Crippen LogP contribution in [-0.4, -0.2) is 12.5 Å². The number of furan rings is 1. The van der Waals surface area contributed by atoms with Crippen LogP contribution in [0.2, 0.25) is 0 Å². The summed E-state index contributed by atoms with van der Waals surface area (Å²) in [6, 6.07) is 1.59. The van der Waals surface area contributed by atoms with E-state index in [9.17, 15) is 4.79 Å². The van der Waals surface area contributed by atoms with Crippen LogP contribution in [-0.2, 0) is 11.3 Å². The van der Waals surface area contributed by atoms with E-state index in [1.54, 1.807) is 6.07 Å². The number of hydrogen-bond acceptors (Lipinski definition) is 4. The van der Waals surface area contributed by atoms with Crippen molar-refractivity contribution in [3.8, 4) is 0 Å². The predicted molar refractivity (Wildman–Crippen MR) is 57.4 cm³/mol. The second kappa shape index (κ2) is 5.14. The maximum Gasteiger partial charge on any atom is 0.268 e. The Bertz CT molecular complexity index is 358. The van der Waals surface area contributed by atoms with Gasteiger partial charge in [0.25, 0.3) is 5.91 Å². The number of nitrogens with one attached hydrogen (secondary N) is 1. The minimum atomic E-state index is -0.352. The van der Waals surface area contributed by atoms with Gasteiger partial charge in [-0.2, -0.15) is 0 Å². The van der Waals surface area contributed by atoms with Gasteiger partial charge in [-0.3, -0.25) is 10.2 Å². The minimum Gasteiger partial charge on any atom is -0.466 e. The van der Waals surface area contributed by atoms with Crippen LogP contribution < -0.4 is 11.3 Å². The third-order valence-corrected chi connectivity index (χ3v) is 2.72. The van der Waals surface area contributed by atoms with E-state index in [-0.39, 0.29) is 5.91 Å². The van der Waals surface area contributed by atoms with Gasteiger partial charge in [0.2, 0.25) is 0 Å². The Morgan fingerprint density at radius 3 is 3.12 bits per heavy atom. The summed E-state index contributed by atoms with van der Waals surface area (Å²) in [5, 5.41) is 0. The summed E-state index contributed by atoms with van der Waals surface area (Å²) in [5.41, 5.74) is 2.51. The van der Waals surface area contributed by atoms with Crippen molar-refractivity contribution in [1.82, 2.24) is 5.43 Å². The Balaban J connectivity index is 1.78. The van der Waals surface area contributed by atoms with Gasteiger partial charge in [0, 0.05) is 6.61 Å². The zero-order valence-electron chi connectivity index (χ0n) is 9.07. The van der Waals surface area contributed by atoms with Gasteiger partial charge in [-0.15, -0.1) is 0 Å². The number of hydrogen-bond donors (Lipinski definition) is 2. The molecule has 1 fully saturated rings. The van der Waals surface area contributed by atoms with Crippen molar-refractivity contribution >= 4 is 5.91 Å². The Labute approximate surface area is 93.9 Å². The molecule has 1 amide bonds. The molecular formula is C11H16N2O3. The number of carbonyl (C=O) groups excluding carboxylic acids is 1. The molecule has 1 aliphatic carbocycles. The Kier molecular flexibility index (Phi) is 3.58. The fourth-order valence-corrected chi connectivity index (χ4v) is 1.55. The van der Waals surface area contributed by atoms with E-state index in [0.29, 0.717) is 17.9 Å². The molecule has 3 N–H and O–H groups in total. The lowest BCUT2D eigenvalue weighted by atomic mass is 10.2. The molecule has 1 heterocycles. The Morgan fingerprint density at radius 2 is 2.44 bits per heavy atom. The molecule has 2 rings (SSSR count). The van der Waals surface area contributed by atoms with Crippen molar-refractivity contribution in [2.75, 3.05) is 6.61 Å². The first-order valence-electron chi connectivity index (χ1n) is 5.46. The van der Waals surface area contributed by atoms with Crippen LogP contribution in [0.15, 0.2) is 16.7 Å². The first kappa shape index (κ1) is 11.2. The topological polar surface area (TPSA) is 77.5 Å². The molecule has 88 valence electrons. The average molecular weight is 224 g/mol. The molecule has 0 bridgehead atoms. The van der Waals surface area contributed by atoms with Gasteiger partial charge in [-0.25, -0.2) is 5.84 Å². The van der Waals surface area contributed by atoms with Crippen molar-refractivity contribution < 1.29 is 13.9 Å². The van der Waals surface area contributed by atoms with Gasteiger partial charge >= 0.3 is 0 Å². The summed E-state index contributed by atoms with van der Waals surface area (Å²) < 4.78 is 10.6. The fourth-order valence-electron chi connectivity index (χ4n) is 1.55. The smallest absolute Gasteiger partial charge is 0.268 e. The molecule has 0 unspecified atom stereocenters. The SMILES string of the molecule is NNC(=O)c1ccoc1COCCC1CC1. The van der Waals surface area contributed by atoms with Crippen molar-refractivity contribution in [3.05, 3.63) is 23.7 Å². The first-order valence-corrected chi connectivity index (χ1v) is 5.46. The van der Waals surface area contributed by atoms with Gasteiger partial charge in [-0.1, -0.05) is 12.8 Å². The van der Waals surface area contributed by atoms with Crippen LogP contribution in [0.1, 0.15) is 35.4 Å². The molecule has 0 saturated heterocycles. The first-order chi connectivity index (χ1) is 7.81. The second-order valence-electron chi connectivity index (χ2n) is 4.02. The molecule has 0 aromatic carbocycles. The van der Waals surface area contributed by atoms with E-state index in [1.165, 1.54) is 19.1 Å². The lowest BCUT2D eigenvalue weighted by Crippen LogP contribution is -2.30. The maximum atomic E-state index is 11.3. The van der Waals surface area contributed by atoms with Crippen LogP contribution in [0.5, 0.6) is 0 Å². The molecule has 1 aromatic rings. The highest BCUT2D eigenvalue weighted by atomic mass is 16.5. The van der Waals surface area contributed by atoms with Gasteiger partial charge in [-0.05, 0) is 18.4 Å².